The molecule has 0 saturated heterocycles. The van der Waals surface area contributed by atoms with Crippen LogP contribution in [0.5, 0.6) is 0 Å². The standard InChI is InChI=1S/C16H16N4O/c1-10-6-13(4-5-18-10)16(21)20-14-3-2-12-7-11(8-17)9-19-15(12)14/h4-7,9,14,16,20-21H,2-3H2,1H3. The van der Waals surface area contributed by atoms with Crippen LogP contribution < -0.4 is 5.32 Å². The van der Waals surface area contributed by atoms with Crippen LogP contribution in [0.25, 0.3) is 0 Å². The zero-order valence-electron chi connectivity index (χ0n) is 11.7. The molecule has 0 aromatic carbocycles. The van der Waals surface area contributed by atoms with Gasteiger partial charge >= 0.3 is 0 Å². The third kappa shape index (κ3) is 2.77. The van der Waals surface area contributed by atoms with Gasteiger partial charge in [0.1, 0.15) is 12.3 Å². The number of nitriles is 1. The fourth-order valence-corrected chi connectivity index (χ4v) is 2.72. The number of aliphatic hydroxyl groups is 1. The van der Waals surface area contributed by atoms with Crippen LogP contribution in [0, 0.1) is 18.3 Å². The summed E-state index contributed by atoms with van der Waals surface area (Å²) in [4.78, 5) is 8.49. The molecule has 1 aliphatic rings. The van der Waals surface area contributed by atoms with Gasteiger partial charge in [0.05, 0.1) is 17.3 Å². The number of aromatic nitrogens is 2. The molecule has 2 atom stereocenters. The van der Waals surface area contributed by atoms with Crippen molar-refractivity contribution in [3.8, 4) is 6.07 Å². The molecule has 0 spiro atoms. The van der Waals surface area contributed by atoms with E-state index in [-0.39, 0.29) is 6.04 Å². The smallest absolute Gasteiger partial charge is 0.131 e. The van der Waals surface area contributed by atoms with Gasteiger partial charge in [-0.05, 0) is 49.1 Å². The van der Waals surface area contributed by atoms with Crippen LogP contribution >= 0.6 is 0 Å². The third-order valence-corrected chi connectivity index (χ3v) is 3.76. The highest BCUT2D eigenvalue weighted by molar-refractivity contribution is 5.37. The summed E-state index contributed by atoms with van der Waals surface area (Å²) >= 11 is 0. The Morgan fingerprint density at radius 2 is 2.29 bits per heavy atom. The van der Waals surface area contributed by atoms with Gasteiger partial charge < -0.3 is 5.11 Å². The van der Waals surface area contributed by atoms with Gasteiger partial charge in [0.25, 0.3) is 0 Å². The maximum Gasteiger partial charge on any atom is 0.131 e. The summed E-state index contributed by atoms with van der Waals surface area (Å²) in [6.45, 7) is 1.89. The summed E-state index contributed by atoms with van der Waals surface area (Å²) in [5.41, 5.74) is 4.27. The molecule has 5 nitrogen and oxygen atoms in total. The number of aryl methyl sites for hydroxylation is 2. The first-order valence-corrected chi connectivity index (χ1v) is 6.93. The molecule has 21 heavy (non-hydrogen) atoms. The van der Waals surface area contributed by atoms with Crippen LogP contribution in [0.3, 0.4) is 0 Å². The number of nitrogens with zero attached hydrogens (tertiary/aromatic N) is 3. The van der Waals surface area contributed by atoms with Crippen molar-refractivity contribution in [3.63, 3.8) is 0 Å². The quantitative estimate of drug-likeness (QED) is 0.839. The van der Waals surface area contributed by atoms with E-state index in [9.17, 15) is 5.11 Å². The number of hydrogen-bond donors (Lipinski definition) is 2. The minimum Gasteiger partial charge on any atom is -0.374 e. The first-order valence-electron chi connectivity index (χ1n) is 6.93. The molecule has 0 aliphatic heterocycles. The van der Waals surface area contributed by atoms with E-state index in [2.05, 4.69) is 21.4 Å². The van der Waals surface area contributed by atoms with E-state index in [0.29, 0.717) is 5.56 Å². The lowest BCUT2D eigenvalue weighted by atomic mass is 10.1. The van der Waals surface area contributed by atoms with E-state index in [4.69, 9.17) is 5.26 Å². The predicted molar refractivity (Wildman–Crippen MR) is 77.1 cm³/mol. The van der Waals surface area contributed by atoms with Crippen LogP contribution in [-0.4, -0.2) is 15.1 Å². The normalized spacial score (nSPS) is 18.0. The molecule has 2 N–H and O–H groups in total. The molecular weight excluding hydrogens is 264 g/mol. The maximum absolute atomic E-state index is 10.3. The molecule has 3 rings (SSSR count). The Morgan fingerprint density at radius 3 is 3.05 bits per heavy atom. The van der Waals surface area contributed by atoms with Gasteiger partial charge in [0.15, 0.2) is 0 Å². The Kier molecular flexibility index (Phi) is 3.65. The van der Waals surface area contributed by atoms with Crippen molar-refractivity contribution in [1.29, 1.82) is 5.26 Å². The Hall–Kier alpha value is -2.29. The summed E-state index contributed by atoms with van der Waals surface area (Å²) < 4.78 is 0. The van der Waals surface area contributed by atoms with Crippen molar-refractivity contribution in [1.82, 2.24) is 15.3 Å². The van der Waals surface area contributed by atoms with E-state index in [1.54, 1.807) is 18.5 Å². The lowest BCUT2D eigenvalue weighted by Gasteiger charge is -2.19. The van der Waals surface area contributed by atoms with E-state index in [1.165, 1.54) is 0 Å². The molecule has 1 aliphatic carbocycles. The van der Waals surface area contributed by atoms with Crippen molar-refractivity contribution in [2.45, 2.75) is 32.0 Å². The van der Waals surface area contributed by atoms with E-state index < -0.39 is 6.23 Å². The average Bonchev–Trinajstić information content (AvgIpc) is 2.89. The van der Waals surface area contributed by atoms with Crippen molar-refractivity contribution in [2.24, 2.45) is 0 Å². The minimum absolute atomic E-state index is 0.0104. The van der Waals surface area contributed by atoms with E-state index >= 15 is 0 Å². The van der Waals surface area contributed by atoms with Gasteiger partial charge in [-0.15, -0.1) is 0 Å². The van der Waals surface area contributed by atoms with Crippen LogP contribution in [0.15, 0.2) is 30.6 Å². The third-order valence-electron chi connectivity index (χ3n) is 3.76. The summed E-state index contributed by atoms with van der Waals surface area (Å²) in [6.07, 6.45) is 4.27. The molecule has 0 bridgehead atoms. The first-order chi connectivity index (χ1) is 10.2. The van der Waals surface area contributed by atoms with Crippen molar-refractivity contribution < 1.29 is 5.11 Å². The topological polar surface area (TPSA) is 81.8 Å². The van der Waals surface area contributed by atoms with Gasteiger partial charge in [-0.3, -0.25) is 15.3 Å². The second-order valence-corrected chi connectivity index (χ2v) is 5.27. The van der Waals surface area contributed by atoms with Crippen LogP contribution in [0.1, 0.15) is 46.8 Å². The summed E-state index contributed by atoms with van der Waals surface area (Å²) in [5.74, 6) is 0. The maximum atomic E-state index is 10.3. The largest absolute Gasteiger partial charge is 0.374 e. The zero-order valence-corrected chi connectivity index (χ0v) is 11.7. The molecule has 2 aromatic rings. The number of rotatable bonds is 3. The fourth-order valence-electron chi connectivity index (χ4n) is 2.72. The molecule has 2 aromatic heterocycles. The second-order valence-electron chi connectivity index (χ2n) is 5.27. The first kappa shape index (κ1) is 13.7. The molecule has 106 valence electrons. The number of fused-ring (bicyclic) bond motifs is 1. The number of aliphatic hydroxyl groups excluding tert-OH is 1. The van der Waals surface area contributed by atoms with E-state index in [1.807, 2.05) is 19.1 Å². The molecule has 2 heterocycles. The predicted octanol–water partition coefficient (Wildman–Crippen LogP) is 1.92. The van der Waals surface area contributed by atoms with Gasteiger partial charge in [-0.2, -0.15) is 5.26 Å². The lowest BCUT2D eigenvalue weighted by Crippen LogP contribution is -2.25. The monoisotopic (exact) mass is 280 g/mol. The van der Waals surface area contributed by atoms with Crippen molar-refractivity contribution in [2.75, 3.05) is 0 Å². The van der Waals surface area contributed by atoms with Crippen LogP contribution in [0.2, 0.25) is 0 Å². The van der Waals surface area contributed by atoms with Gasteiger partial charge in [0.2, 0.25) is 0 Å². The number of hydrogen-bond acceptors (Lipinski definition) is 5. The Labute approximate surface area is 123 Å². The average molecular weight is 280 g/mol. The minimum atomic E-state index is -0.750. The summed E-state index contributed by atoms with van der Waals surface area (Å²) in [5, 5.41) is 22.4. The molecule has 0 radical (unpaired) electrons. The second kappa shape index (κ2) is 5.60. The highest BCUT2D eigenvalue weighted by atomic mass is 16.3. The zero-order chi connectivity index (χ0) is 14.8. The molecular formula is C16H16N4O. The molecule has 2 unspecified atom stereocenters. The Bertz CT molecular complexity index is 708. The van der Waals surface area contributed by atoms with Crippen LogP contribution in [0.4, 0.5) is 0 Å². The van der Waals surface area contributed by atoms with Gasteiger partial charge in [-0.1, -0.05) is 0 Å². The highest BCUT2D eigenvalue weighted by Gasteiger charge is 2.26. The Morgan fingerprint density at radius 1 is 1.43 bits per heavy atom. The molecule has 5 heteroatoms. The molecule has 0 amide bonds. The number of pyridine rings is 2. The SMILES string of the molecule is Cc1cc(C(O)NC2CCc3cc(C#N)cnc32)ccn1. The van der Waals surface area contributed by atoms with Gasteiger partial charge in [-0.25, -0.2) is 0 Å². The van der Waals surface area contributed by atoms with Gasteiger partial charge in [0, 0.05) is 18.1 Å². The lowest BCUT2D eigenvalue weighted by molar-refractivity contribution is 0.122. The summed E-state index contributed by atoms with van der Waals surface area (Å²) in [6, 6.07) is 7.66. The Balaban J connectivity index is 1.78. The van der Waals surface area contributed by atoms with Crippen LogP contribution in [-0.2, 0) is 6.42 Å². The molecule has 0 saturated carbocycles. The molecule has 0 fully saturated rings. The number of nitrogens with one attached hydrogen (secondary N) is 1. The van der Waals surface area contributed by atoms with Crippen molar-refractivity contribution >= 4 is 0 Å². The van der Waals surface area contributed by atoms with Crippen molar-refractivity contribution in [3.05, 3.63) is 58.7 Å². The van der Waals surface area contributed by atoms with E-state index in [0.717, 1.165) is 35.4 Å². The highest BCUT2D eigenvalue weighted by Crippen LogP contribution is 2.31. The fraction of sp³-hybridized carbons (Fsp3) is 0.312. The summed E-state index contributed by atoms with van der Waals surface area (Å²) in [7, 11) is 0.